The minimum absolute atomic E-state index is 0.0134. The fourth-order valence-corrected chi connectivity index (χ4v) is 5.42. The second-order valence-corrected chi connectivity index (χ2v) is 9.61. The molecular weight excluding hydrogens is 498 g/mol. The molecule has 1 amide bonds. The molecule has 204 valence electrons. The third-order valence-electron chi connectivity index (χ3n) is 6.99. The Morgan fingerprint density at radius 1 is 0.949 bits per heavy atom. The normalized spacial score (nSPS) is 26.4. The minimum atomic E-state index is -1.39. The van der Waals surface area contributed by atoms with Crippen LogP contribution in [0, 0.1) is 0 Å². The van der Waals surface area contributed by atoms with Gasteiger partial charge < -0.3 is 23.7 Å². The summed E-state index contributed by atoms with van der Waals surface area (Å²) in [4.78, 5) is 27.3. The molecule has 0 saturated carbocycles. The van der Waals surface area contributed by atoms with Crippen LogP contribution in [-0.2, 0) is 35.1 Å². The smallest absolute Gasteiger partial charge is 0.411 e. The molecule has 0 N–H and O–H groups in total. The first-order chi connectivity index (χ1) is 19.0. The zero-order valence-corrected chi connectivity index (χ0v) is 22.1. The Morgan fingerprint density at radius 3 is 2.18 bits per heavy atom. The minimum Gasteiger partial charge on any atom is -0.439 e. The zero-order valence-electron chi connectivity index (χ0n) is 22.1. The number of carbonyl (C=O) groups excluding carboxylic acids is 2. The summed E-state index contributed by atoms with van der Waals surface area (Å²) in [5, 5.41) is 0. The van der Waals surface area contributed by atoms with Gasteiger partial charge in [0.05, 0.1) is 12.6 Å². The van der Waals surface area contributed by atoms with E-state index < -0.39 is 42.3 Å². The molecule has 2 aliphatic rings. The SMILES string of the molecule is CCOC1(COCc2ccccc2)OC(OC(C)=O)CC1N1C(=O)OC(c2ccccc2)C1c1ccccc1. The Balaban J connectivity index is 1.52. The Morgan fingerprint density at radius 2 is 1.56 bits per heavy atom. The van der Waals surface area contributed by atoms with Crippen LogP contribution in [0.2, 0.25) is 0 Å². The van der Waals surface area contributed by atoms with Gasteiger partial charge in [0.2, 0.25) is 12.1 Å². The zero-order chi connectivity index (χ0) is 27.2. The Kier molecular flexibility index (Phi) is 8.26. The Labute approximate surface area is 228 Å². The molecule has 0 aromatic heterocycles. The van der Waals surface area contributed by atoms with E-state index in [0.717, 1.165) is 16.7 Å². The first-order valence-electron chi connectivity index (χ1n) is 13.2. The van der Waals surface area contributed by atoms with E-state index >= 15 is 0 Å². The van der Waals surface area contributed by atoms with Gasteiger partial charge >= 0.3 is 12.1 Å². The van der Waals surface area contributed by atoms with E-state index in [1.165, 1.54) is 6.92 Å². The summed E-state index contributed by atoms with van der Waals surface area (Å²) in [7, 11) is 0. The van der Waals surface area contributed by atoms with Gasteiger partial charge in [0.25, 0.3) is 0 Å². The number of benzene rings is 3. The number of ether oxygens (including phenoxy) is 5. The van der Waals surface area contributed by atoms with E-state index in [4.69, 9.17) is 23.7 Å². The molecule has 5 unspecified atom stereocenters. The summed E-state index contributed by atoms with van der Waals surface area (Å²) in [6, 6.07) is 28.0. The monoisotopic (exact) mass is 531 g/mol. The van der Waals surface area contributed by atoms with Gasteiger partial charge in [-0.1, -0.05) is 91.0 Å². The molecule has 39 heavy (non-hydrogen) atoms. The van der Waals surface area contributed by atoms with Crippen LogP contribution in [0.5, 0.6) is 0 Å². The number of amides is 1. The van der Waals surface area contributed by atoms with Crippen molar-refractivity contribution < 1.29 is 33.3 Å². The molecule has 3 aromatic carbocycles. The molecule has 2 saturated heterocycles. The summed E-state index contributed by atoms with van der Waals surface area (Å²) < 4.78 is 30.2. The van der Waals surface area contributed by atoms with Crippen LogP contribution in [0.15, 0.2) is 91.0 Å². The van der Waals surface area contributed by atoms with E-state index in [2.05, 4.69) is 0 Å². The van der Waals surface area contributed by atoms with Crippen LogP contribution < -0.4 is 0 Å². The lowest BCUT2D eigenvalue weighted by Crippen LogP contribution is -2.55. The first-order valence-corrected chi connectivity index (χ1v) is 13.2. The highest BCUT2D eigenvalue weighted by atomic mass is 16.8. The molecule has 2 fully saturated rings. The lowest BCUT2D eigenvalue weighted by atomic mass is 9.92. The van der Waals surface area contributed by atoms with Crippen molar-refractivity contribution in [2.75, 3.05) is 13.2 Å². The summed E-state index contributed by atoms with van der Waals surface area (Å²) in [6.07, 6.45) is -1.77. The molecular formula is C31H33NO7. The van der Waals surface area contributed by atoms with Gasteiger partial charge in [0.15, 0.2) is 6.10 Å². The standard InChI is InChI=1S/C31H33NO7/c1-3-36-31(21-35-20-23-13-7-4-8-14-23)26(19-27(39-31)37-22(2)33)32-28(24-15-9-5-10-16-24)29(38-30(32)34)25-17-11-6-12-18-25/h4-18,26-29H,3,19-21H2,1-2H3. The van der Waals surface area contributed by atoms with Crippen LogP contribution in [0.3, 0.4) is 0 Å². The number of rotatable bonds is 10. The Hall–Kier alpha value is -3.72. The third kappa shape index (κ3) is 5.83. The second kappa shape index (κ2) is 12.0. The van der Waals surface area contributed by atoms with Crippen LogP contribution in [0.25, 0.3) is 0 Å². The molecule has 3 aromatic rings. The van der Waals surface area contributed by atoms with Crippen LogP contribution in [0.1, 0.15) is 49.1 Å². The van der Waals surface area contributed by atoms with Crippen molar-refractivity contribution in [1.82, 2.24) is 4.90 Å². The summed E-state index contributed by atoms with van der Waals surface area (Å²) in [5.41, 5.74) is 2.77. The maximum absolute atomic E-state index is 13.7. The van der Waals surface area contributed by atoms with Gasteiger partial charge in [-0.15, -0.1) is 0 Å². The topological polar surface area (TPSA) is 83.5 Å². The van der Waals surface area contributed by atoms with Gasteiger partial charge in [-0.05, 0) is 23.6 Å². The lowest BCUT2D eigenvalue weighted by Gasteiger charge is -2.39. The number of nitrogens with zero attached hydrogens (tertiary/aromatic N) is 1. The van der Waals surface area contributed by atoms with Crippen molar-refractivity contribution in [2.24, 2.45) is 0 Å². The largest absolute Gasteiger partial charge is 0.439 e. The number of carbonyl (C=O) groups is 2. The van der Waals surface area contributed by atoms with Gasteiger partial charge in [-0.25, -0.2) is 4.79 Å². The highest BCUT2D eigenvalue weighted by Gasteiger charge is 2.60. The highest BCUT2D eigenvalue weighted by Crippen LogP contribution is 2.49. The molecule has 2 heterocycles. The predicted molar refractivity (Wildman–Crippen MR) is 142 cm³/mol. The van der Waals surface area contributed by atoms with Crippen molar-refractivity contribution in [3.05, 3.63) is 108 Å². The quantitative estimate of drug-likeness (QED) is 0.317. The molecule has 2 aliphatic heterocycles. The summed E-state index contributed by atoms with van der Waals surface area (Å²) in [5.74, 6) is -1.87. The molecule has 0 bridgehead atoms. The molecule has 8 nitrogen and oxygen atoms in total. The molecule has 5 rings (SSSR count). The number of hydrogen-bond donors (Lipinski definition) is 0. The third-order valence-corrected chi connectivity index (χ3v) is 6.99. The molecule has 0 spiro atoms. The molecule has 0 radical (unpaired) electrons. The van der Waals surface area contributed by atoms with Crippen molar-refractivity contribution in [1.29, 1.82) is 0 Å². The highest BCUT2D eigenvalue weighted by molar-refractivity contribution is 5.72. The predicted octanol–water partition coefficient (Wildman–Crippen LogP) is 5.55. The molecule has 0 aliphatic carbocycles. The Bertz CT molecular complexity index is 1240. The van der Waals surface area contributed by atoms with Crippen molar-refractivity contribution in [2.45, 2.75) is 57.1 Å². The van der Waals surface area contributed by atoms with E-state index in [1.807, 2.05) is 97.9 Å². The fourth-order valence-electron chi connectivity index (χ4n) is 5.42. The van der Waals surface area contributed by atoms with Crippen LogP contribution in [0.4, 0.5) is 4.79 Å². The van der Waals surface area contributed by atoms with E-state index in [1.54, 1.807) is 4.90 Å². The van der Waals surface area contributed by atoms with Crippen molar-refractivity contribution >= 4 is 12.1 Å². The maximum atomic E-state index is 13.7. The number of esters is 1. The van der Waals surface area contributed by atoms with E-state index in [9.17, 15) is 9.59 Å². The molecule has 8 heteroatoms. The van der Waals surface area contributed by atoms with Gasteiger partial charge in [-0.2, -0.15) is 0 Å². The summed E-state index contributed by atoms with van der Waals surface area (Å²) in [6.45, 7) is 3.80. The van der Waals surface area contributed by atoms with E-state index in [-0.39, 0.29) is 13.0 Å². The van der Waals surface area contributed by atoms with Gasteiger partial charge in [0, 0.05) is 20.0 Å². The number of hydrogen-bond acceptors (Lipinski definition) is 7. The number of cyclic esters (lactones) is 1. The maximum Gasteiger partial charge on any atom is 0.411 e. The van der Waals surface area contributed by atoms with Crippen molar-refractivity contribution in [3.63, 3.8) is 0 Å². The average Bonchev–Trinajstić information content (AvgIpc) is 3.46. The second-order valence-electron chi connectivity index (χ2n) is 9.61. The molecule has 5 atom stereocenters. The van der Waals surface area contributed by atoms with Crippen molar-refractivity contribution in [3.8, 4) is 0 Å². The van der Waals surface area contributed by atoms with Crippen LogP contribution >= 0.6 is 0 Å². The summed E-state index contributed by atoms with van der Waals surface area (Å²) >= 11 is 0. The van der Waals surface area contributed by atoms with E-state index in [0.29, 0.717) is 13.2 Å². The van der Waals surface area contributed by atoms with Gasteiger partial charge in [0.1, 0.15) is 12.6 Å². The van der Waals surface area contributed by atoms with Crippen LogP contribution in [-0.4, -0.2) is 48.3 Å². The first kappa shape index (κ1) is 26.9. The lowest BCUT2D eigenvalue weighted by molar-refractivity contribution is -0.294. The van der Waals surface area contributed by atoms with Gasteiger partial charge in [-0.3, -0.25) is 9.69 Å². The average molecular weight is 532 g/mol. The fraction of sp³-hybridized carbons (Fsp3) is 0.355.